The van der Waals surface area contributed by atoms with E-state index >= 15 is 0 Å². The van der Waals surface area contributed by atoms with Crippen LogP contribution in [0.25, 0.3) is 0 Å². The lowest BCUT2D eigenvalue weighted by Gasteiger charge is -2.25. The highest BCUT2D eigenvalue weighted by atomic mass is 16.3. The van der Waals surface area contributed by atoms with Gasteiger partial charge in [0.05, 0.1) is 11.6 Å². The van der Waals surface area contributed by atoms with Gasteiger partial charge in [-0.2, -0.15) is 0 Å². The highest BCUT2D eigenvalue weighted by molar-refractivity contribution is 5.82. The molecule has 5 heteroatoms. The van der Waals surface area contributed by atoms with Crippen molar-refractivity contribution in [2.24, 2.45) is 5.73 Å². The quantitative estimate of drug-likeness (QED) is 0.776. The molecule has 0 bridgehead atoms. The molecule has 0 aliphatic carbocycles. The summed E-state index contributed by atoms with van der Waals surface area (Å²) in [6.45, 7) is 3.02. The van der Waals surface area contributed by atoms with E-state index in [0.29, 0.717) is 32.4 Å². The molecule has 1 aromatic carbocycles. The Balaban J connectivity index is 1.94. The second-order valence-corrected chi connectivity index (χ2v) is 6.15. The van der Waals surface area contributed by atoms with Gasteiger partial charge in [0.15, 0.2) is 0 Å². The highest BCUT2D eigenvalue weighted by Gasteiger charge is 2.29. The lowest BCUT2D eigenvalue weighted by atomic mass is 9.98. The van der Waals surface area contributed by atoms with Crippen molar-refractivity contribution in [2.45, 2.75) is 44.2 Å². The molecule has 4 N–H and O–H groups in total. The number of hydrogen-bond acceptors (Lipinski definition) is 4. The number of likely N-dealkylation sites (tertiary alicyclic amines) is 1. The number of carbonyl (C=O) groups excluding carboxylic acids is 1. The summed E-state index contributed by atoms with van der Waals surface area (Å²) in [7, 11) is 0. The molecule has 2 rings (SSSR count). The van der Waals surface area contributed by atoms with Crippen LogP contribution in [-0.2, 0) is 11.2 Å². The number of benzene rings is 1. The van der Waals surface area contributed by atoms with Crippen molar-refractivity contribution in [3.8, 4) is 5.75 Å². The molecule has 5 nitrogen and oxygen atoms in total. The summed E-state index contributed by atoms with van der Waals surface area (Å²) in [4.78, 5) is 14.2. The molecule has 21 heavy (non-hydrogen) atoms. The maximum absolute atomic E-state index is 12.4. The van der Waals surface area contributed by atoms with Crippen LogP contribution in [0.4, 0.5) is 0 Å². The number of nitrogens with two attached hydrogens (primary N) is 1. The van der Waals surface area contributed by atoms with E-state index in [2.05, 4.69) is 0 Å². The van der Waals surface area contributed by atoms with Crippen molar-refractivity contribution in [3.05, 3.63) is 29.8 Å². The second-order valence-electron chi connectivity index (χ2n) is 6.15. The minimum Gasteiger partial charge on any atom is -0.508 e. The van der Waals surface area contributed by atoms with Gasteiger partial charge in [-0.05, 0) is 50.3 Å². The van der Waals surface area contributed by atoms with Gasteiger partial charge in [-0.15, -0.1) is 0 Å². The fourth-order valence-electron chi connectivity index (χ4n) is 2.69. The van der Waals surface area contributed by atoms with E-state index in [1.54, 1.807) is 29.2 Å². The van der Waals surface area contributed by atoms with E-state index in [-0.39, 0.29) is 11.7 Å². The summed E-state index contributed by atoms with van der Waals surface area (Å²) >= 11 is 0. The smallest absolute Gasteiger partial charge is 0.239 e. The summed E-state index contributed by atoms with van der Waals surface area (Å²) in [6, 6.07) is 6.15. The topological polar surface area (TPSA) is 86.8 Å². The Morgan fingerprint density at radius 1 is 1.33 bits per heavy atom. The zero-order valence-corrected chi connectivity index (χ0v) is 12.5. The summed E-state index contributed by atoms with van der Waals surface area (Å²) in [6.07, 6.45) is 2.55. The van der Waals surface area contributed by atoms with Crippen LogP contribution in [0.5, 0.6) is 5.75 Å². The van der Waals surface area contributed by atoms with E-state index in [9.17, 15) is 15.0 Å². The summed E-state index contributed by atoms with van der Waals surface area (Å²) in [5.41, 5.74) is 6.26. The number of hydrogen-bond donors (Lipinski definition) is 3. The van der Waals surface area contributed by atoms with Gasteiger partial charge in [0.1, 0.15) is 5.75 Å². The first-order valence-electron chi connectivity index (χ1n) is 7.42. The Hall–Kier alpha value is -1.59. The first kappa shape index (κ1) is 15.8. The summed E-state index contributed by atoms with van der Waals surface area (Å²) in [5, 5.41) is 19.3. The van der Waals surface area contributed by atoms with Crippen molar-refractivity contribution in [1.29, 1.82) is 0 Å². The van der Waals surface area contributed by atoms with Crippen molar-refractivity contribution < 1.29 is 15.0 Å². The molecular weight excluding hydrogens is 268 g/mol. The van der Waals surface area contributed by atoms with Gasteiger partial charge in [0, 0.05) is 13.1 Å². The first-order chi connectivity index (χ1) is 9.87. The molecule has 0 saturated carbocycles. The monoisotopic (exact) mass is 292 g/mol. The second kappa shape index (κ2) is 6.45. The molecule has 1 aliphatic rings. The van der Waals surface area contributed by atoms with Crippen LogP contribution in [0, 0.1) is 0 Å². The Kier molecular flexibility index (Phi) is 4.85. The predicted molar refractivity (Wildman–Crippen MR) is 80.8 cm³/mol. The predicted octanol–water partition coefficient (Wildman–Crippen LogP) is 1.03. The number of aromatic hydroxyl groups is 1. The van der Waals surface area contributed by atoms with Crippen LogP contribution in [0.3, 0.4) is 0 Å². The molecule has 116 valence electrons. The van der Waals surface area contributed by atoms with E-state index < -0.39 is 11.6 Å². The zero-order chi connectivity index (χ0) is 15.5. The van der Waals surface area contributed by atoms with Gasteiger partial charge in [0.2, 0.25) is 5.91 Å². The summed E-state index contributed by atoms with van der Waals surface area (Å²) in [5.74, 6) is 0.133. The van der Waals surface area contributed by atoms with Gasteiger partial charge in [-0.3, -0.25) is 4.79 Å². The van der Waals surface area contributed by atoms with E-state index in [4.69, 9.17) is 5.73 Å². The van der Waals surface area contributed by atoms with Crippen LogP contribution in [-0.4, -0.2) is 45.8 Å². The maximum atomic E-state index is 12.4. The minimum atomic E-state index is -0.684. The summed E-state index contributed by atoms with van der Waals surface area (Å²) < 4.78 is 0. The van der Waals surface area contributed by atoms with Crippen LogP contribution >= 0.6 is 0 Å². The third-order valence-electron chi connectivity index (χ3n) is 4.08. The molecule has 1 unspecified atom stereocenters. The number of aliphatic hydroxyl groups is 1. The van der Waals surface area contributed by atoms with Crippen LogP contribution in [0.2, 0.25) is 0 Å². The molecule has 0 radical (unpaired) electrons. The number of rotatable bonds is 3. The molecule has 1 fully saturated rings. The Morgan fingerprint density at radius 2 is 2.00 bits per heavy atom. The normalized spacial score (nSPS) is 24.4. The number of nitrogens with zero attached hydrogens (tertiary/aromatic N) is 1. The Bertz CT molecular complexity index is 485. The lowest BCUT2D eigenvalue weighted by Crippen LogP contribution is -2.45. The lowest BCUT2D eigenvalue weighted by molar-refractivity contribution is -0.132. The minimum absolute atomic E-state index is 0.0687. The van der Waals surface area contributed by atoms with Crippen molar-refractivity contribution in [3.63, 3.8) is 0 Å². The zero-order valence-electron chi connectivity index (χ0n) is 12.5. The van der Waals surface area contributed by atoms with Gasteiger partial charge < -0.3 is 20.8 Å². The van der Waals surface area contributed by atoms with Crippen LogP contribution in [0.1, 0.15) is 31.7 Å². The molecule has 0 aromatic heterocycles. The van der Waals surface area contributed by atoms with Crippen LogP contribution in [0.15, 0.2) is 24.3 Å². The van der Waals surface area contributed by atoms with E-state index in [1.807, 2.05) is 6.92 Å². The molecule has 1 aromatic rings. The molecule has 2 atom stereocenters. The number of phenolic OH excluding ortho intramolecular Hbond substituents is 1. The molecule has 1 saturated heterocycles. The number of phenols is 1. The molecular formula is C16H24N2O3. The van der Waals surface area contributed by atoms with Crippen LogP contribution < -0.4 is 5.73 Å². The van der Waals surface area contributed by atoms with Crippen molar-refractivity contribution in [2.75, 3.05) is 13.1 Å². The third kappa shape index (κ3) is 4.44. The molecule has 1 amide bonds. The maximum Gasteiger partial charge on any atom is 0.239 e. The molecule has 1 aliphatic heterocycles. The third-order valence-corrected chi connectivity index (χ3v) is 4.08. The van der Waals surface area contributed by atoms with E-state index in [0.717, 1.165) is 12.0 Å². The Morgan fingerprint density at radius 3 is 2.67 bits per heavy atom. The van der Waals surface area contributed by atoms with Gasteiger partial charge in [0.25, 0.3) is 0 Å². The molecule has 0 spiro atoms. The Labute approximate surface area is 125 Å². The van der Waals surface area contributed by atoms with E-state index in [1.165, 1.54) is 0 Å². The van der Waals surface area contributed by atoms with Crippen molar-refractivity contribution >= 4 is 5.91 Å². The highest BCUT2D eigenvalue weighted by Crippen LogP contribution is 2.22. The largest absolute Gasteiger partial charge is 0.508 e. The van der Waals surface area contributed by atoms with Gasteiger partial charge in [-0.25, -0.2) is 0 Å². The average Bonchev–Trinajstić information content (AvgIpc) is 2.61. The standard InChI is InChI=1S/C16H24N2O3/c1-16(21)7-2-9-18(10-8-16)15(20)14(17)11-12-3-5-13(19)6-4-12/h3-6,14,19,21H,2,7-11,17H2,1H3/t14-,16?/m1/s1. The fraction of sp³-hybridized carbons (Fsp3) is 0.562. The number of carbonyl (C=O) groups is 1. The molecule has 1 heterocycles. The van der Waals surface area contributed by atoms with Crippen molar-refractivity contribution in [1.82, 2.24) is 4.90 Å². The van der Waals surface area contributed by atoms with Gasteiger partial charge >= 0.3 is 0 Å². The first-order valence-corrected chi connectivity index (χ1v) is 7.42. The SMILES string of the molecule is CC1(O)CCCN(C(=O)[C@H](N)Cc2ccc(O)cc2)CC1. The van der Waals surface area contributed by atoms with Gasteiger partial charge in [-0.1, -0.05) is 12.1 Å². The number of amides is 1. The average molecular weight is 292 g/mol. The fourth-order valence-corrected chi connectivity index (χ4v) is 2.69.